The first-order valence-electron chi connectivity index (χ1n) is 7.16. The molecule has 0 saturated carbocycles. The maximum absolute atomic E-state index is 11.7. The Balaban J connectivity index is 1.82. The van der Waals surface area contributed by atoms with Gasteiger partial charge in [-0.2, -0.15) is 0 Å². The standard InChI is InChI=1S/C16H17N3O3/c1-9(20)18-7-10-2-3-11-4-5-19(8-12(11)6-10)14-13(17)15(21)16(14)22/h2-3,6H,4-5,7-8,17H2,1H3,(H,18,20). The van der Waals surface area contributed by atoms with Crippen molar-refractivity contribution < 1.29 is 4.79 Å². The third-order valence-electron chi connectivity index (χ3n) is 4.06. The second kappa shape index (κ2) is 5.29. The van der Waals surface area contributed by atoms with Crippen LogP contribution in [0.2, 0.25) is 0 Å². The summed E-state index contributed by atoms with van der Waals surface area (Å²) in [5, 5.41) is 2.76. The smallest absolute Gasteiger partial charge is 0.253 e. The molecule has 0 unspecified atom stereocenters. The fourth-order valence-corrected chi connectivity index (χ4v) is 2.85. The van der Waals surface area contributed by atoms with Gasteiger partial charge in [0.25, 0.3) is 10.9 Å². The fourth-order valence-electron chi connectivity index (χ4n) is 2.85. The molecule has 0 aliphatic carbocycles. The summed E-state index contributed by atoms with van der Waals surface area (Å²) in [6.45, 7) is 3.19. The number of hydrogen-bond donors (Lipinski definition) is 2. The predicted molar refractivity (Wildman–Crippen MR) is 84.5 cm³/mol. The van der Waals surface area contributed by atoms with Crippen molar-refractivity contribution in [2.75, 3.05) is 17.2 Å². The first-order chi connectivity index (χ1) is 10.5. The van der Waals surface area contributed by atoms with Crippen LogP contribution < -0.4 is 26.8 Å². The van der Waals surface area contributed by atoms with E-state index < -0.39 is 10.9 Å². The minimum absolute atomic E-state index is 0.0721. The lowest BCUT2D eigenvalue weighted by Crippen LogP contribution is -2.44. The van der Waals surface area contributed by atoms with E-state index in [9.17, 15) is 14.4 Å². The lowest BCUT2D eigenvalue weighted by Gasteiger charge is -2.32. The first-order valence-corrected chi connectivity index (χ1v) is 7.16. The van der Waals surface area contributed by atoms with Gasteiger partial charge < -0.3 is 16.0 Å². The molecule has 6 heteroatoms. The van der Waals surface area contributed by atoms with Crippen LogP contribution in [0.25, 0.3) is 0 Å². The largest absolute Gasteiger partial charge is 0.394 e. The molecule has 114 valence electrons. The highest BCUT2D eigenvalue weighted by molar-refractivity contribution is 5.73. The van der Waals surface area contributed by atoms with Gasteiger partial charge >= 0.3 is 0 Å². The zero-order chi connectivity index (χ0) is 15.9. The Morgan fingerprint density at radius 1 is 1.27 bits per heavy atom. The van der Waals surface area contributed by atoms with Gasteiger partial charge in [0.2, 0.25) is 5.91 Å². The van der Waals surface area contributed by atoms with E-state index in [1.807, 2.05) is 17.0 Å². The summed E-state index contributed by atoms with van der Waals surface area (Å²) in [5.41, 5.74) is 8.32. The lowest BCUT2D eigenvalue weighted by atomic mass is 9.96. The molecule has 1 heterocycles. The summed E-state index contributed by atoms with van der Waals surface area (Å²) in [7, 11) is 0. The Bertz CT molecular complexity index is 819. The first kappa shape index (κ1) is 14.3. The molecule has 0 fully saturated rings. The van der Waals surface area contributed by atoms with Gasteiger partial charge in [0.1, 0.15) is 11.4 Å². The highest BCUT2D eigenvalue weighted by Crippen LogP contribution is 2.26. The van der Waals surface area contributed by atoms with Crippen LogP contribution >= 0.6 is 0 Å². The zero-order valence-corrected chi connectivity index (χ0v) is 12.3. The van der Waals surface area contributed by atoms with E-state index in [0.717, 1.165) is 17.5 Å². The SMILES string of the molecule is CC(=O)NCc1ccc2c(c1)CN(c1c(N)c(=O)c1=O)CC2. The second-order valence-electron chi connectivity index (χ2n) is 5.60. The van der Waals surface area contributed by atoms with E-state index in [-0.39, 0.29) is 11.6 Å². The van der Waals surface area contributed by atoms with E-state index in [1.54, 1.807) is 0 Å². The number of fused-ring (bicyclic) bond motifs is 1. The maximum atomic E-state index is 11.7. The molecule has 3 rings (SSSR count). The molecule has 1 amide bonds. The van der Waals surface area contributed by atoms with E-state index >= 15 is 0 Å². The van der Waals surface area contributed by atoms with Crippen LogP contribution in [0.5, 0.6) is 0 Å². The Hall–Kier alpha value is -2.63. The van der Waals surface area contributed by atoms with Crippen molar-refractivity contribution in [2.45, 2.75) is 26.4 Å². The van der Waals surface area contributed by atoms with Crippen LogP contribution in [0, 0.1) is 0 Å². The maximum Gasteiger partial charge on any atom is 0.253 e. The van der Waals surface area contributed by atoms with Crippen molar-refractivity contribution in [3.05, 3.63) is 55.3 Å². The molecule has 2 aromatic carbocycles. The summed E-state index contributed by atoms with van der Waals surface area (Å²) in [6.07, 6.45) is 0.800. The number of carbonyl (C=O) groups is 1. The third kappa shape index (κ3) is 2.36. The number of hydrogen-bond acceptors (Lipinski definition) is 5. The van der Waals surface area contributed by atoms with E-state index in [0.29, 0.717) is 25.3 Å². The molecule has 0 saturated heterocycles. The Morgan fingerprint density at radius 3 is 2.73 bits per heavy atom. The van der Waals surface area contributed by atoms with E-state index in [2.05, 4.69) is 11.4 Å². The number of anilines is 2. The van der Waals surface area contributed by atoms with E-state index in [4.69, 9.17) is 5.73 Å². The molecule has 22 heavy (non-hydrogen) atoms. The van der Waals surface area contributed by atoms with Crippen LogP contribution in [0.1, 0.15) is 23.6 Å². The number of carbonyl (C=O) groups excluding carboxylic acids is 1. The van der Waals surface area contributed by atoms with Crippen LogP contribution in [0.4, 0.5) is 11.4 Å². The van der Waals surface area contributed by atoms with Gasteiger partial charge in [0.05, 0.1) is 0 Å². The molecule has 0 spiro atoms. The van der Waals surface area contributed by atoms with Crippen LogP contribution in [0.15, 0.2) is 27.8 Å². The summed E-state index contributed by atoms with van der Waals surface area (Å²) < 4.78 is 0. The summed E-state index contributed by atoms with van der Waals surface area (Å²) in [4.78, 5) is 35.8. The summed E-state index contributed by atoms with van der Waals surface area (Å²) in [6, 6.07) is 6.07. The average molecular weight is 299 g/mol. The quantitative estimate of drug-likeness (QED) is 0.782. The number of nitrogens with one attached hydrogen (secondary N) is 1. The molecule has 0 bridgehead atoms. The predicted octanol–water partition coefficient (Wildman–Crippen LogP) is 0.0636. The number of amides is 1. The number of rotatable bonds is 3. The van der Waals surface area contributed by atoms with Crippen molar-refractivity contribution >= 4 is 17.3 Å². The number of nitrogens with zero attached hydrogens (tertiary/aromatic N) is 1. The van der Waals surface area contributed by atoms with Crippen molar-refractivity contribution in [1.82, 2.24) is 5.32 Å². The topological polar surface area (TPSA) is 92.5 Å². The van der Waals surface area contributed by atoms with Gasteiger partial charge in [-0.1, -0.05) is 18.2 Å². The number of nitrogen functional groups attached to an aromatic ring is 1. The highest BCUT2D eigenvalue weighted by atomic mass is 16.2. The molecule has 2 aromatic rings. The molecular formula is C16H17N3O3. The molecule has 0 atom stereocenters. The summed E-state index contributed by atoms with van der Waals surface area (Å²) >= 11 is 0. The summed E-state index contributed by atoms with van der Waals surface area (Å²) in [5.74, 6) is -0.0733. The Labute approximate surface area is 127 Å². The third-order valence-corrected chi connectivity index (χ3v) is 4.06. The van der Waals surface area contributed by atoms with Gasteiger partial charge in [-0.25, -0.2) is 0 Å². The van der Waals surface area contributed by atoms with Crippen molar-refractivity contribution in [3.8, 4) is 0 Å². The fraction of sp³-hybridized carbons (Fsp3) is 0.312. The lowest BCUT2D eigenvalue weighted by molar-refractivity contribution is -0.119. The van der Waals surface area contributed by atoms with Gasteiger partial charge in [0, 0.05) is 26.6 Å². The van der Waals surface area contributed by atoms with Crippen LogP contribution in [0.3, 0.4) is 0 Å². The zero-order valence-electron chi connectivity index (χ0n) is 12.3. The average Bonchev–Trinajstić information content (AvgIpc) is 2.52. The van der Waals surface area contributed by atoms with Gasteiger partial charge in [0.15, 0.2) is 0 Å². The molecule has 6 nitrogen and oxygen atoms in total. The van der Waals surface area contributed by atoms with Gasteiger partial charge in [-0.05, 0) is 23.1 Å². The molecule has 1 aliphatic rings. The van der Waals surface area contributed by atoms with Crippen LogP contribution in [-0.2, 0) is 24.3 Å². The van der Waals surface area contributed by atoms with Crippen molar-refractivity contribution in [1.29, 1.82) is 0 Å². The minimum atomic E-state index is -0.583. The van der Waals surface area contributed by atoms with Gasteiger partial charge in [-0.15, -0.1) is 0 Å². The second-order valence-corrected chi connectivity index (χ2v) is 5.60. The Kier molecular flexibility index (Phi) is 3.44. The molecule has 1 aliphatic heterocycles. The Morgan fingerprint density at radius 2 is 2.05 bits per heavy atom. The normalized spacial score (nSPS) is 14.0. The molecule has 3 N–H and O–H groups in total. The van der Waals surface area contributed by atoms with Crippen LogP contribution in [-0.4, -0.2) is 12.5 Å². The number of benzene rings is 1. The molecular weight excluding hydrogens is 282 g/mol. The monoisotopic (exact) mass is 299 g/mol. The van der Waals surface area contributed by atoms with Gasteiger partial charge in [-0.3, -0.25) is 14.4 Å². The number of nitrogens with two attached hydrogens (primary N) is 1. The van der Waals surface area contributed by atoms with Crippen molar-refractivity contribution in [2.24, 2.45) is 0 Å². The molecule has 0 aromatic heterocycles. The van der Waals surface area contributed by atoms with E-state index in [1.165, 1.54) is 12.5 Å². The molecule has 0 radical (unpaired) electrons. The highest BCUT2D eigenvalue weighted by Gasteiger charge is 2.26. The van der Waals surface area contributed by atoms with Crippen molar-refractivity contribution in [3.63, 3.8) is 0 Å². The minimum Gasteiger partial charge on any atom is -0.394 e.